The van der Waals surface area contributed by atoms with Crippen molar-refractivity contribution in [2.24, 2.45) is 0 Å². The predicted molar refractivity (Wildman–Crippen MR) is 143 cm³/mol. The van der Waals surface area contributed by atoms with Crippen LogP contribution in [0.3, 0.4) is 0 Å². The molecule has 0 saturated carbocycles. The molecule has 2 heterocycles. The largest absolute Gasteiger partial charge is 0.508 e. The van der Waals surface area contributed by atoms with Gasteiger partial charge in [-0.2, -0.15) is 0 Å². The fourth-order valence-corrected chi connectivity index (χ4v) is 4.30. The number of phenolic OH excluding ortho intramolecular Hbond substituents is 4. The number of carbonyl (C=O) groups excluding carboxylic acids is 1. The number of fused-ring (bicyclic) bond motifs is 2. The predicted octanol–water partition coefficient (Wildman–Crippen LogP) is 4.35. The second-order valence-electron chi connectivity index (χ2n) is 8.90. The average Bonchev–Trinajstić information content (AvgIpc) is 2.94. The molecule has 1 aliphatic rings. The average molecular weight is 542 g/mol. The van der Waals surface area contributed by atoms with Crippen LogP contribution in [-0.2, 0) is 0 Å². The Hall–Kier alpha value is -5.48. The molecule has 0 unspecified atom stereocenters. The van der Waals surface area contributed by atoms with E-state index >= 15 is 0 Å². The summed E-state index contributed by atoms with van der Waals surface area (Å²) in [6.07, 6.45) is -2.75. The van der Waals surface area contributed by atoms with E-state index in [9.17, 15) is 40.2 Å². The number of Topliss-reactive ketones (excluding diaryl/α,β-unsaturated/α-hetero) is 1. The van der Waals surface area contributed by atoms with Crippen molar-refractivity contribution in [3.8, 4) is 45.8 Å². The van der Waals surface area contributed by atoms with Crippen molar-refractivity contribution in [1.82, 2.24) is 0 Å². The number of hydrogen-bond acceptors (Lipinski definition) is 10. The van der Waals surface area contributed by atoms with Gasteiger partial charge < -0.3 is 39.8 Å². The van der Waals surface area contributed by atoms with Gasteiger partial charge in [-0.25, -0.2) is 0 Å². The lowest BCUT2D eigenvalue weighted by Crippen LogP contribution is -2.36. The van der Waals surface area contributed by atoms with Crippen LogP contribution in [0.25, 0.3) is 22.3 Å². The molecule has 202 valence electrons. The SMILES string of the molecule is O=C1c2c(O)cc(O)cc2O[C@H](c2ccc(O)c(O)c2)[C@H]1O.O=c1c(O)c(-c2ccccc2)oc2ccccc12. The summed E-state index contributed by atoms with van der Waals surface area (Å²) in [5, 5.41) is 58.4. The number of phenols is 4. The summed E-state index contributed by atoms with van der Waals surface area (Å²) in [6.45, 7) is 0. The van der Waals surface area contributed by atoms with Gasteiger partial charge in [-0.3, -0.25) is 9.59 Å². The monoisotopic (exact) mass is 542 g/mol. The molecule has 2 atom stereocenters. The lowest BCUT2D eigenvalue weighted by molar-refractivity contribution is 0.0210. The highest BCUT2D eigenvalue weighted by Crippen LogP contribution is 2.42. The molecule has 4 aromatic carbocycles. The number of hydrogen-bond donors (Lipinski definition) is 6. The maximum Gasteiger partial charge on any atom is 0.235 e. The molecule has 1 aromatic heterocycles. The van der Waals surface area contributed by atoms with Crippen LogP contribution in [0.2, 0.25) is 0 Å². The minimum absolute atomic E-state index is 0.0784. The number of para-hydroxylation sites is 1. The maximum atomic E-state index is 12.2. The molecule has 0 fully saturated rings. The van der Waals surface area contributed by atoms with Crippen molar-refractivity contribution in [3.05, 3.63) is 106 Å². The van der Waals surface area contributed by atoms with E-state index in [1.807, 2.05) is 18.2 Å². The van der Waals surface area contributed by atoms with Crippen LogP contribution < -0.4 is 10.2 Å². The molecule has 0 radical (unpaired) electrons. The summed E-state index contributed by atoms with van der Waals surface area (Å²) in [4.78, 5) is 24.2. The Balaban J connectivity index is 0.000000164. The highest BCUT2D eigenvalue weighted by Gasteiger charge is 2.39. The molecule has 5 aromatic rings. The zero-order valence-corrected chi connectivity index (χ0v) is 20.6. The van der Waals surface area contributed by atoms with Crippen molar-refractivity contribution in [1.29, 1.82) is 0 Å². The van der Waals surface area contributed by atoms with E-state index in [-0.39, 0.29) is 39.9 Å². The molecule has 10 nitrogen and oxygen atoms in total. The Labute approximate surface area is 225 Å². The zero-order chi connectivity index (χ0) is 28.6. The Bertz CT molecular complexity index is 1790. The summed E-state index contributed by atoms with van der Waals surface area (Å²) in [6, 6.07) is 21.8. The van der Waals surface area contributed by atoms with Gasteiger partial charge in [-0.15, -0.1) is 0 Å². The molecule has 0 amide bonds. The van der Waals surface area contributed by atoms with Crippen LogP contribution in [-0.4, -0.2) is 42.5 Å². The van der Waals surface area contributed by atoms with Gasteiger partial charge in [0.25, 0.3) is 0 Å². The van der Waals surface area contributed by atoms with E-state index in [4.69, 9.17) is 9.15 Å². The number of benzene rings is 4. The van der Waals surface area contributed by atoms with Crippen LogP contribution in [0.15, 0.2) is 94.1 Å². The van der Waals surface area contributed by atoms with Crippen molar-refractivity contribution in [2.75, 3.05) is 0 Å². The molecular weight excluding hydrogens is 520 g/mol. The van der Waals surface area contributed by atoms with Gasteiger partial charge in [0.15, 0.2) is 29.5 Å². The second kappa shape index (κ2) is 10.4. The summed E-state index contributed by atoms with van der Waals surface area (Å²) in [7, 11) is 0. The molecule has 40 heavy (non-hydrogen) atoms. The third-order valence-electron chi connectivity index (χ3n) is 6.26. The van der Waals surface area contributed by atoms with Gasteiger partial charge in [-0.05, 0) is 29.8 Å². The van der Waals surface area contributed by atoms with Crippen molar-refractivity contribution in [2.45, 2.75) is 12.2 Å². The van der Waals surface area contributed by atoms with E-state index in [1.165, 1.54) is 12.1 Å². The lowest BCUT2D eigenvalue weighted by atomic mass is 9.92. The quantitative estimate of drug-likeness (QED) is 0.176. The third-order valence-corrected chi connectivity index (χ3v) is 6.26. The molecule has 10 heteroatoms. The highest BCUT2D eigenvalue weighted by atomic mass is 16.5. The smallest absolute Gasteiger partial charge is 0.235 e. The Kier molecular flexibility index (Phi) is 6.76. The molecule has 1 aliphatic heterocycles. The molecule has 0 saturated heterocycles. The topological polar surface area (TPSA) is 178 Å². The Morgan fingerprint density at radius 3 is 2.12 bits per heavy atom. The number of aliphatic hydroxyl groups excluding tert-OH is 1. The summed E-state index contributed by atoms with van der Waals surface area (Å²) < 4.78 is 11.1. The van der Waals surface area contributed by atoms with E-state index in [1.54, 1.807) is 36.4 Å². The van der Waals surface area contributed by atoms with Gasteiger partial charge in [0.1, 0.15) is 28.4 Å². The van der Waals surface area contributed by atoms with Crippen molar-refractivity contribution >= 4 is 16.8 Å². The first kappa shape index (κ1) is 26.1. The van der Waals surface area contributed by atoms with Gasteiger partial charge in [0, 0.05) is 17.7 Å². The normalized spacial score (nSPS) is 16.0. The summed E-state index contributed by atoms with van der Waals surface area (Å²) >= 11 is 0. The third kappa shape index (κ3) is 4.74. The Morgan fingerprint density at radius 2 is 1.40 bits per heavy atom. The van der Waals surface area contributed by atoms with Gasteiger partial charge in [0.05, 0.1) is 5.39 Å². The van der Waals surface area contributed by atoms with Crippen molar-refractivity contribution < 1.29 is 44.6 Å². The van der Waals surface area contributed by atoms with Crippen LogP contribution in [0.1, 0.15) is 22.0 Å². The fraction of sp³-hybridized carbons (Fsp3) is 0.0667. The number of rotatable bonds is 2. The van der Waals surface area contributed by atoms with E-state index in [2.05, 4.69) is 0 Å². The van der Waals surface area contributed by atoms with E-state index < -0.39 is 34.9 Å². The number of carbonyl (C=O) groups is 1. The van der Waals surface area contributed by atoms with Crippen LogP contribution in [0.5, 0.6) is 34.5 Å². The fourth-order valence-electron chi connectivity index (χ4n) is 4.30. The first-order valence-electron chi connectivity index (χ1n) is 11.9. The van der Waals surface area contributed by atoms with Crippen molar-refractivity contribution in [3.63, 3.8) is 0 Å². The standard InChI is InChI=1S/C15H12O7.C15H10O3/c16-7-4-10(19)12-11(5-7)22-15(14(21)13(12)20)6-1-2-8(17)9(18)3-6;16-13-11-8-4-5-9-12(11)18-15(14(13)17)10-6-2-1-3-7-10/h1-5,14-19,21H;1-9,17H/t14-,15+;/m0./s1. The maximum absolute atomic E-state index is 12.2. The summed E-state index contributed by atoms with van der Waals surface area (Å²) in [5.41, 5.74) is 0.780. The van der Waals surface area contributed by atoms with Crippen LogP contribution in [0.4, 0.5) is 0 Å². The number of ketones is 1. The highest BCUT2D eigenvalue weighted by molar-refractivity contribution is 6.05. The van der Waals surface area contributed by atoms with E-state index in [0.29, 0.717) is 16.5 Å². The molecule has 0 bridgehead atoms. The molecular formula is C30H22O10. The molecule has 6 N–H and O–H groups in total. The molecule has 6 rings (SSSR count). The number of aliphatic hydroxyl groups is 1. The first-order valence-corrected chi connectivity index (χ1v) is 11.9. The minimum atomic E-state index is -1.60. The summed E-state index contributed by atoms with van der Waals surface area (Å²) in [5.74, 6) is -2.55. The van der Waals surface area contributed by atoms with Gasteiger partial charge in [0.2, 0.25) is 17.0 Å². The lowest BCUT2D eigenvalue weighted by Gasteiger charge is -2.30. The van der Waals surface area contributed by atoms with Gasteiger partial charge in [-0.1, -0.05) is 48.5 Å². The molecule has 0 aliphatic carbocycles. The number of aromatic hydroxyl groups is 5. The number of ether oxygens (including phenoxy) is 1. The minimum Gasteiger partial charge on any atom is -0.508 e. The second-order valence-corrected chi connectivity index (χ2v) is 8.90. The van der Waals surface area contributed by atoms with Crippen LogP contribution >= 0.6 is 0 Å². The van der Waals surface area contributed by atoms with Crippen LogP contribution in [0, 0.1) is 0 Å². The first-order chi connectivity index (χ1) is 19.2. The zero-order valence-electron chi connectivity index (χ0n) is 20.6. The molecule has 0 spiro atoms. The van der Waals surface area contributed by atoms with Gasteiger partial charge >= 0.3 is 0 Å². The Morgan fingerprint density at radius 1 is 0.700 bits per heavy atom. The van der Waals surface area contributed by atoms with E-state index in [0.717, 1.165) is 18.2 Å².